The monoisotopic (exact) mass is 355 g/mol. The molecule has 0 aliphatic carbocycles. The number of para-hydroxylation sites is 1. The van der Waals surface area contributed by atoms with Crippen molar-refractivity contribution in [1.82, 2.24) is 5.32 Å². The van der Waals surface area contributed by atoms with Crippen molar-refractivity contribution in [2.75, 3.05) is 6.61 Å². The number of carbonyl (C=O) groups is 2. The lowest BCUT2D eigenvalue weighted by Gasteiger charge is -2.22. The van der Waals surface area contributed by atoms with Gasteiger partial charge >= 0.3 is 12.1 Å². The Morgan fingerprint density at radius 1 is 1.28 bits per heavy atom. The maximum absolute atomic E-state index is 14.1. The fourth-order valence-electron chi connectivity index (χ4n) is 2.00. The first-order valence-electron chi connectivity index (χ1n) is 8.12. The number of ether oxygens (including phenoxy) is 2. The number of halogens is 1. The molecule has 0 spiro atoms. The van der Waals surface area contributed by atoms with Crippen molar-refractivity contribution in [3.05, 3.63) is 29.6 Å². The maximum atomic E-state index is 14.1. The van der Waals surface area contributed by atoms with Crippen LogP contribution in [0.5, 0.6) is 5.75 Å². The second kappa shape index (κ2) is 8.69. The number of hydrogen-bond acceptors (Lipinski definition) is 4. The van der Waals surface area contributed by atoms with Crippen molar-refractivity contribution in [2.45, 2.75) is 52.7 Å². The lowest BCUT2D eigenvalue weighted by atomic mass is 10.0. The normalized spacial score (nSPS) is 12.6. The molecule has 1 atom stereocenters. The van der Waals surface area contributed by atoms with E-state index < -0.39 is 29.5 Å². The molecule has 0 fully saturated rings. The van der Waals surface area contributed by atoms with Gasteiger partial charge in [0.15, 0.2) is 11.6 Å². The van der Waals surface area contributed by atoms with Gasteiger partial charge in [-0.2, -0.15) is 0 Å². The lowest BCUT2D eigenvalue weighted by molar-refractivity contribution is -0.139. The summed E-state index contributed by atoms with van der Waals surface area (Å²) in [5, 5.41) is 11.6. The van der Waals surface area contributed by atoms with E-state index in [1.807, 2.05) is 13.8 Å². The number of alkyl carbamates (subject to hydrolysis) is 1. The Morgan fingerprint density at radius 2 is 1.92 bits per heavy atom. The van der Waals surface area contributed by atoms with E-state index in [1.165, 1.54) is 12.1 Å². The molecule has 1 aromatic carbocycles. The van der Waals surface area contributed by atoms with Crippen LogP contribution in [-0.4, -0.2) is 35.4 Å². The molecule has 0 radical (unpaired) electrons. The summed E-state index contributed by atoms with van der Waals surface area (Å²) < 4.78 is 24.6. The van der Waals surface area contributed by atoms with Gasteiger partial charge < -0.3 is 19.9 Å². The summed E-state index contributed by atoms with van der Waals surface area (Å²) in [5.41, 5.74) is -0.388. The summed E-state index contributed by atoms with van der Waals surface area (Å²) in [7, 11) is 0. The first-order chi connectivity index (χ1) is 11.5. The number of carboxylic acid groups (broad SMARTS) is 1. The van der Waals surface area contributed by atoms with Crippen LogP contribution < -0.4 is 10.1 Å². The Balaban J connectivity index is 2.93. The third-order valence-electron chi connectivity index (χ3n) is 3.02. The quantitative estimate of drug-likeness (QED) is 0.783. The van der Waals surface area contributed by atoms with Crippen LogP contribution in [-0.2, 0) is 16.0 Å². The third-order valence-corrected chi connectivity index (χ3v) is 3.02. The summed E-state index contributed by atoms with van der Waals surface area (Å²) in [6.45, 7) is 9.16. The highest BCUT2D eigenvalue weighted by Gasteiger charge is 2.26. The molecular formula is C18H26FNO5. The molecule has 2 N–H and O–H groups in total. The zero-order valence-electron chi connectivity index (χ0n) is 15.3. The highest BCUT2D eigenvalue weighted by Crippen LogP contribution is 2.25. The SMILES string of the molecule is CC(C)COc1c(F)cccc1CC(NC(=O)OC(C)(C)C)C(=O)O. The van der Waals surface area contributed by atoms with E-state index in [4.69, 9.17) is 9.47 Å². The molecular weight excluding hydrogens is 329 g/mol. The molecule has 0 bridgehead atoms. The summed E-state index contributed by atoms with van der Waals surface area (Å²) in [4.78, 5) is 23.3. The first-order valence-corrected chi connectivity index (χ1v) is 8.12. The van der Waals surface area contributed by atoms with Crippen LogP contribution in [0.3, 0.4) is 0 Å². The molecule has 1 aromatic rings. The molecule has 6 nitrogen and oxygen atoms in total. The number of hydrogen-bond donors (Lipinski definition) is 2. The number of carboxylic acids is 1. The van der Waals surface area contributed by atoms with Gasteiger partial charge in [-0.15, -0.1) is 0 Å². The zero-order valence-corrected chi connectivity index (χ0v) is 15.3. The van der Waals surface area contributed by atoms with Crippen LogP contribution in [0, 0.1) is 11.7 Å². The first kappa shape index (κ1) is 20.7. The molecule has 1 unspecified atom stereocenters. The van der Waals surface area contributed by atoms with Gasteiger partial charge in [-0.05, 0) is 38.3 Å². The Bertz CT molecular complexity index is 610. The van der Waals surface area contributed by atoms with Gasteiger partial charge in [-0.25, -0.2) is 14.0 Å². The van der Waals surface area contributed by atoms with Crippen molar-refractivity contribution in [3.63, 3.8) is 0 Å². The van der Waals surface area contributed by atoms with E-state index in [2.05, 4.69) is 5.32 Å². The summed E-state index contributed by atoms with van der Waals surface area (Å²) in [6, 6.07) is 3.03. The van der Waals surface area contributed by atoms with Gasteiger partial charge in [0, 0.05) is 6.42 Å². The lowest BCUT2D eigenvalue weighted by Crippen LogP contribution is -2.44. The van der Waals surface area contributed by atoms with Crippen molar-refractivity contribution in [3.8, 4) is 5.75 Å². The standard InChI is InChI=1S/C18H26FNO5/c1-11(2)10-24-15-12(7-6-8-13(15)19)9-14(16(21)22)20-17(23)25-18(3,4)5/h6-8,11,14H,9-10H2,1-5H3,(H,20,23)(H,21,22). The Morgan fingerprint density at radius 3 is 2.44 bits per heavy atom. The molecule has 0 aliphatic heterocycles. The molecule has 140 valence electrons. The van der Waals surface area contributed by atoms with Gasteiger partial charge in [-0.1, -0.05) is 26.0 Å². The highest BCUT2D eigenvalue weighted by molar-refractivity contribution is 5.80. The van der Waals surface area contributed by atoms with E-state index in [1.54, 1.807) is 26.8 Å². The molecule has 0 aliphatic rings. The van der Waals surface area contributed by atoms with E-state index in [0.29, 0.717) is 12.2 Å². The molecule has 0 heterocycles. The van der Waals surface area contributed by atoms with E-state index >= 15 is 0 Å². The van der Waals surface area contributed by atoms with E-state index in [-0.39, 0.29) is 18.1 Å². The molecule has 25 heavy (non-hydrogen) atoms. The van der Waals surface area contributed by atoms with Crippen molar-refractivity contribution in [1.29, 1.82) is 0 Å². The fourth-order valence-corrected chi connectivity index (χ4v) is 2.00. The zero-order chi connectivity index (χ0) is 19.2. The smallest absolute Gasteiger partial charge is 0.408 e. The molecule has 0 saturated carbocycles. The largest absolute Gasteiger partial charge is 0.490 e. The van der Waals surface area contributed by atoms with Gasteiger partial charge in [0.25, 0.3) is 0 Å². The number of aliphatic carboxylic acids is 1. The summed E-state index contributed by atoms with van der Waals surface area (Å²) in [5.74, 6) is -1.62. The van der Waals surface area contributed by atoms with Crippen molar-refractivity contribution in [2.24, 2.45) is 5.92 Å². The number of nitrogens with one attached hydrogen (secondary N) is 1. The topological polar surface area (TPSA) is 84.9 Å². The van der Waals surface area contributed by atoms with E-state index in [0.717, 1.165) is 0 Å². The molecule has 0 aromatic heterocycles. The van der Waals surface area contributed by atoms with Gasteiger partial charge in [-0.3, -0.25) is 0 Å². The Labute approximate surface area is 147 Å². The molecule has 7 heteroatoms. The van der Waals surface area contributed by atoms with E-state index in [9.17, 15) is 19.1 Å². The summed E-state index contributed by atoms with van der Waals surface area (Å²) >= 11 is 0. The third kappa shape index (κ3) is 7.41. The minimum atomic E-state index is -1.27. The van der Waals surface area contributed by atoms with Gasteiger partial charge in [0.2, 0.25) is 0 Å². The predicted molar refractivity (Wildman–Crippen MR) is 91.2 cm³/mol. The highest BCUT2D eigenvalue weighted by atomic mass is 19.1. The van der Waals surface area contributed by atoms with Crippen LogP contribution in [0.2, 0.25) is 0 Å². The maximum Gasteiger partial charge on any atom is 0.408 e. The second-order valence-electron chi connectivity index (χ2n) is 7.17. The second-order valence-corrected chi connectivity index (χ2v) is 7.17. The van der Waals surface area contributed by atoms with Crippen molar-refractivity contribution < 1.29 is 28.6 Å². The number of benzene rings is 1. The van der Waals surface area contributed by atoms with Gasteiger partial charge in [0.05, 0.1) is 6.61 Å². The fraction of sp³-hybridized carbons (Fsp3) is 0.556. The number of amides is 1. The summed E-state index contributed by atoms with van der Waals surface area (Å²) in [6.07, 6.45) is -0.972. The minimum absolute atomic E-state index is 0.00781. The number of carbonyl (C=O) groups excluding carboxylic acids is 1. The average molecular weight is 355 g/mol. The average Bonchev–Trinajstić information content (AvgIpc) is 2.43. The van der Waals surface area contributed by atoms with Crippen LogP contribution in [0.1, 0.15) is 40.2 Å². The van der Waals surface area contributed by atoms with Gasteiger partial charge in [0.1, 0.15) is 11.6 Å². The Hall–Kier alpha value is -2.31. The predicted octanol–water partition coefficient (Wildman–Crippen LogP) is 3.38. The molecule has 1 amide bonds. The minimum Gasteiger partial charge on any atom is -0.490 e. The molecule has 1 rings (SSSR count). The van der Waals surface area contributed by atoms with Crippen LogP contribution in [0.15, 0.2) is 18.2 Å². The van der Waals surface area contributed by atoms with Crippen LogP contribution in [0.25, 0.3) is 0 Å². The van der Waals surface area contributed by atoms with Crippen molar-refractivity contribution >= 4 is 12.1 Å². The van der Waals surface area contributed by atoms with Crippen LogP contribution in [0.4, 0.5) is 9.18 Å². The molecule has 0 saturated heterocycles. The Kier molecular flexibility index (Phi) is 7.21. The van der Waals surface area contributed by atoms with Crippen LogP contribution >= 0.6 is 0 Å². The number of rotatable bonds is 7.